The molecule has 2 saturated heterocycles. The topological polar surface area (TPSA) is 205 Å². The molecule has 6 heterocycles. The molecule has 6 aromatic rings. The summed E-state index contributed by atoms with van der Waals surface area (Å²) in [6, 6.07) is 21.6. The van der Waals surface area contributed by atoms with Gasteiger partial charge in [0.25, 0.3) is 17.0 Å². The van der Waals surface area contributed by atoms with Gasteiger partial charge in [0, 0.05) is 49.1 Å². The Kier molecular flexibility index (Phi) is 15.5. The van der Waals surface area contributed by atoms with Crippen LogP contribution in [0.5, 0.6) is 0 Å². The number of H-pyrrole nitrogens is 2. The molecule has 0 spiro atoms. The number of nitrogens with one attached hydrogen (secondary N) is 3. The average Bonchev–Trinajstić information content (AvgIpc) is 4.07. The van der Waals surface area contributed by atoms with Gasteiger partial charge in [0.2, 0.25) is 0 Å². The van der Waals surface area contributed by atoms with Gasteiger partial charge in [-0.15, -0.1) is 0 Å². The number of piperidine rings is 2. The first-order valence-corrected chi connectivity index (χ1v) is 23.1. The number of amides is 1. The van der Waals surface area contributed by atoms with Crippen molar-refractivity contribution in [2.45, 2.75) is 114 Å². The number of aromatic nitrogens is 6. The molecule has 65 heavy (non-hydrogen) atoms. The lowest BCUT2D eigenvalue weighted by Crippen LogP contribution is -2.42. The Balaban J connectivity index is 0.000000149. The molecule has 1 amide bonds. The van der Waals surface area contributed by atoms with Crippen molar-refractivity contribution < 1.29 is 24.2 Å². The number of fused-ring (bicyclic) bond motifs is 2. The van der Waals surface area contributed by atoms with Gasteiger partial charge in [-0.1, -0.05) is 62.1 Å². The van der Waals surface area contributed by atoms with E-state index in [1.165, 1.54) is 76.5 Å². The maximum absolute atomic E-state index is 13.1. The predicted octanol–water partition coefficient (Wildman–Crippen LogP) is 6.78. The molecule has 4 aromatic heterocycles. The number of hydrogen-bond donors (Lipinski definition) is 4. The van der Waals surface area contributed by atoms with Crippen molar-refractivity contribution in [3.63, 3.8) is 0 Å². The molecular weight excluding hydrogens is 825 g/mol. The highest BCUT2D eigenvalue weighted by molar-refractivity contribution is 5.92. The summed E-state index contributed by atoms with van der Waals surface area (Å²) in [6.07, 6.45) is 20.4. The fourth-order valence-corrected chi connectivity index (χ4v) is 9.28. The van der Waals surface area contributed by atoms with Gasteiger partial charge in [-0.25, -0.2) is 20.0 Å². The molecule has 10 rings (SSSR count). The predicted molar refractivity (Wildman–Crippen MR) is 247 cm³/mol. The van der Waals surface area contributed by atoms with E-state index in [1.54, 1.807) is 30.5 Å². The zero-order chi connectivity index (χ0) is 45.0. The van der Waals surface area contributed by atoms with E-state index in [2.05, 4.69) is 35.7 Å². The number of aromatic amines is 2. The second-order valence-electron chi connectivity index (χ2n) is 17.4. The van der Waals surface area contributed by atoms with Gasteiger partial charge in [-0.05, 0) is 112 Å². The summed E-state index contributed by atoms with van der Waals surface area (Å²) >= 11 is 0. The van der Waals surface area contributed by atoms with Gasteiger partial charge < -0.3 is 24.8 Å². The van der Waals surface area contributed by atoms with E-state index in [0.717, 1.165) is 53.5 Å². The fourth-order valence-electron chi connectivity index (χ4n) is 9.28. The Morgan fingerprint density at radius 2 is 1.02 bits per heavy atom. The number of nitrogens with zero attached hydrogens (tertiary/aromatic N) is 5. The molecule has 4 aliphatic rings. The minimum Gasteiger partial charge on any atom is -0.477 e. The van der Waals surface area contributed by atoms with E-state index < -0.39 is 5.97 Å². The third-order valence-electron chi connectivity index (χ3n) is 12.8. The number of ether oxygens (including phenoxy) is 2. The van der Waals surface area contributed by atoms with Crippen LogP contribution >= 0.6 is 0 Å². The van der Waals surface area contributed by atoms with E-state index in [0.29, 0.717) is 66.4 Å². The Morgan fingerprint density at radius 3 is 1.51 bits per heavy atom. The summed E-state index contributed by atoms with van der Waals surface area (Å²) in [7, 11) is 0. The molecule has 2 aliphatic carbocycles. The van der Waals surface area contributed by atoms with E-state index in [-0.39, 0.29) is 28.8 Å². The number of carboxylic acids is 1. The highest BCUT2D eigenvalue weighted by Crippen LogP contribution is 2.27. The second kappa shape index (κ2) is 22.2. The number of carbonyl (C=O) groups is 2. The van der Waals surface area contributed by atoms with Crippen LogP contribution in [0.4, 0.5) is 0 Å². The minimum atomic E-state index is -1.07. The van der Waals surface area contributed by atoms with Crippen LogP contribution in [-0.2, 0) is 22.3 Å². The van der Waals surface area contributed by atoms with Gasteiger partial charge in [0.15, 0.2) is 0 Å². The molecule has 0 unspecified atom stereocenters. The molecule has 4 fully saturated rings. The molecule has 340 valence electrons. The first-order chi connectivity index (χ1) is 31.8. The number of aromatic carboxylic acids is 1. The monoisotopic (exact) mass is 882 g/mol. The van der Waals surface area contributed by atoms with Crippen molar-refractivity contribution in [3.05, 3.63) is 140 Å². The molecule has 0 radical (unpaired) electrons. The van der Waals surface area contributed by atoms with Crippen molar-refractivity contribution in [2.24, 2.45) is 0 Å². The lowest BCUT2D eigenvalue weighted by Gasteiger charge is -2.33. The highest BCUT2D eigenvalue weighted by Gasteiger charge is 2.28. The molecule has 15 heteroatoms. The van der Waals surface area contributed by atoms with Crippen LogP contribution in [0.1, 0.15) is 121 Å². The standard InChI is InChI=1S/C25H28N4O3.C15H11N3O3.C10H19NO/c30-24-21-8-4-3-7-20(21)22(27-28-24)15-17-9-12-26-23(16-17)25(31)29-13-10-19(11-14-29)32-18-5-1-2-6-18;19-14-11-4-2-1-3-10(11)12(17-18-14)7-9-5-6-16-13(8-9)15(20)21;1-2-4-9(3-1)12-10-5-7-11-8-6-10/h3-4,7-9,12,16,18-19H,1-2,5-6,10-11,13-15H2,(H,28,30);1-6,8H,7H2,(H,18,19)(H,20,21);9-11H,1-8H2. The van der Waals surface area contributed by atoms with Crippen LogP contribution in [-0.4, -0.2) is 103 Å². The Hall–Kier alpha value is -6.16. The quantitative estimate of drug-likeness (QED) is 0.112. The van der Waals surface area contributed by atoms with E-state index in [1.807, 2.05) is 47.4 Å². The molecule has 15 nitrogen and oxygen atoms in total. The summed E-state index contributed by atoms with van der Waals surface area (Å²) in [4.78, 5) is 57.8. The first kappa shape index (κ1) is 45.4. The maximum Gasteiger partial charge on any atom is 0.354 e. The number of carboxylic acid groups (broad SMARTS) is 1. The average molecular weight is 883 g/mol. The van der Waals surface area contributed by atoms with E-state index in [9.17, 15) is 19.2 Å². The second-order valence-corrected chi connectivity index (χ2v) is 17.4. The van der Waals surface area contributed by atoms with Crippen molar-refractivity contribution >= 4 is 33.4 Å². The maximum atomic E-state index is 13.1. The minimum absolute atomic E-state index is 0.0127. The number of pyridine rings is 2. The summed E-state index contributed by atoms with van der Waals surface area (Å²) < 4.78 is 12.2. The zero-order valence-electron chi connectivity index (χ0n) is 36.8. The van der Waals surface area contributed by atoms with Crippen molar-refractivity contribution in [1.82, 2.24) is 40.6 Å². The van der Waals surface area contributed by atoms with Crippen LogP contribution in [0.2, 0.25) is 0 Å². The molecular formula is C50H58N8O7. The van der Waals surface area contributed by atoms with Crippen molar-refractivity contribution in [3.8, 4) is 0 Å². The Bertz CT molecular complexity index is 2660. The summed E-state index contributed by atoms with van der Waals surface area (Å²) in [5.41, 5.74) is 3.17. The van der Waals surface area contributed by atoms with Gasteiger partial charge in [-0.3, -0.25) is 19.4 Å². The lowest BCUT2D eigenvalue weighted by atomic mass is 10.0. The number of likely N-dealkylation sites (tertiary alicyclic amines) is 1. The summed E-state index contributed by atoms with van der Waals surface area (Å²) in [5.74, 6) is -1.11. The normalized spacial score (nSPS) is 17.4. The molecule has 0 atom stereocenters. The van der Waals surface area contributed by atoms with Gasteiger partial charge in [-0.2, -0.15) is 10.2 Å². The SMILES string of the molecule is C1CCC(OC2CCNCC2)C1.O=C(O)c1cc(Cc2n[nH]c(=O)c3ccccc23)ccn1.O=C(c1cc(Cc2n[nH]c(=O)c3ccccc23)ccn1)N1CCC(OC2CCCC2)CC1. The molecule has 4 N–H and O–H groups in total. The fraction of sp³-hybridized carbons (Fsp3) is 0.440. The zero-order valence-corrected chi connectivity index (χ0v) is 36.8. The number of carbonyl (C=O) groups excluding carboxylic acids is 1. The number of rotatable bonds is 10. The van der Waals surface area contributed by atoms with E-state index in [4.69, 9.17) is 14.6 Å². The largest absolute Gasteiger partial charge is 0.477 e. The third kappa shape index (κ3) is 12.1. The third-order valence-corrected chi connectivity index (χ3v) is 12.8. The lowest BCUT2D eigenvalue weighted by molar-refractivity contribution is -0.0358. The van der Waals surface area contributed by atoms with Crippen LogP contribution in [0.15, 0.2) is 94.8 Å². The molecule has 0 bridgehead atoms. The number of benzene rings is 2. The number of hydrogen-bond acceptors (Lipinski definition) is 11. The van der Waals surface area contributed by atoms with Crippen LogP contribution < -0.4 is 16.4 Å². The van der Waals surface area contributed by atoms with Crippen LogP contribution in [0, 0.1) is 0 Å². The van der Waals surface area contributed by atoms with Crippen LogP contribution in [0.25, 0.3) is 21.5 Å². The Morgan fingerprint density at radius 1 is 0.585 bits per heavy atom. The van der Waals surface area contributed by atoms with E-state index >= 15 is 0 Å². The molecule has 2 saturated carbocycles. The Labute approximate surface area is 377 Å². The van der Waals surface area contributed by atoms with Crippen molar-refractivity contribution in [1.29, 1.82) is 0 Å². The van der Waals surface area contributed by atoms with Gasteiger partial charge in [0.1, 0.15) is 11.4 Å². The van der Waals surface area contributed by atoms with Crippen molar-refractivity contribution in [2.75, 3.05) is 26.2 Å². The molecule has 2 aromatic carbocycles. The smallest absolute Gasteiger partial charge is 0.354 e. The summed E-state index contributed by atoms with van der Waals surface area (Å²) in [6.45, 7) is 3.71. The first-order valence-electron chi connectivity index (χ1n) is 23.1. The van der Waals surface area contributed by atoms with Gasteiger partial charge in [0.05, 0.1) is 46.6 Å². The van der Waals surface area contributed by atoms with Crippen LogP contribution in [0.3, 0.4) is 0 Å². The molecule has 2 aliphatic heterocycles. The summed E-state index contributed by atoms with van der Waals surface area (Å²) in [5, 5.41) is 28.4. The van der Waals surface area contributed by atoms with Gasteiger partial charge >= 0.3 is 5.97 Å². The highest BCUT2D eigenvalue weighted by atomic mass is 16.5.